The standard InChI is InChI=1S/2C7H12O2.Zn/c2*8-7(9)6-4-2-1-3-5-6;/h2*6H,1-5H2,(H,8,9);/q;;+2/p-2. The molecule has 5 heteroatoms. The molecule has 0 spiro atoms. The predicted octanol–water partition coefficient (Wildman–Crippen LogP) is 0.631. The number of rotatable bonds is 2. The SMILES string of the molecule is O=C([O-])C1CCCCC1.O=C([O-])C1CCCCC1.[Zn+2]. The zero-order valence-corrected chi connectivity index (χ0v) is 14.5. The third-order valence-electron chi connectivity index (χ3n) is 3.88. The summed E-state index contributed by atoms with van der Waals surface area (Å²) in [5, 5.41) is 20.5. The van der Waals surface area contributed by atoms with Crippen molar-refractivity contribution < 1.29 is 39.3 Å². The monoisotopic (exact) mass is 318 g/mol. The van der Waals surface area contributed by atoms with Gasteiger partial charge in [-0.25, -0.2) is 0 Å². The molecular formula is C14H22O4Zn. The predicted molar refractivity (Wildman–Crippen MR) is 63.2 cm³/mol. The summed E-state index contributed by atoms with van der Waals surface area (Å²) in [6.45, 7) is 0. The zero-order valence-electron chi connectivity index (χ0n) is 11.6. The average Bonchev–Trinajstić information content (AvgIpc) is 2.41. The van der Waals surface area contributed by atoms with Crippen molar-refractivity contribution in [3.8, 4) is 0 Å². The fourth-order valence-corrected chi connectivity index (χ4v) is 2.68. The molecule has 0 aromatic heterocycles. The Morgan fingerprint density at radius 3 is 1.05 bits per heavy atom. The minimum Gasteiger partial charge on any atom is -0.550 e. The summed E-state index contributed by atoms with van der Waals surface area (Å²) >= 11 is 0. The summed E-state index contributed by atoms with van der Waals surface area (Å²) in [5.74, 6) is -1.98. The van der Waals surface area contributed by atoms with E-state index in [0.717, 1.165) is 51.4 Å². The summed E-state index contributed by atoms with van der Waals surface area (Å²) in [6, 6.07) is 0. The Morgan fingerprint density at radius 1 is 0.632 bits per heavy atom. The van der Waals surface area contributed by atoms with Crippen molar-refractivity contribution >= 4 is 11.9 Å². The quantitative estimate of drug-likeness (QED) is 0.699. The van der Waals surface area contributed by atoms with Gasteiger partial charge in [0, 0.05) is 11.9 Å². The first-order chi connectivity index (χ1) is 8.61. The Balaban J connectivity index is 0.000000324. The summed E-state index contributed by atoms with van der Waals surface area (Å²) in [5.41, 5.74) is 0. The Labute approximate surface area is 127 Å². The molecular weight excluding hydrogens is 298 g/mol. The molecule has 2 saturated carbocycles. The van der Waals surface area contributed by atoms with Crippen LogP contribution in [0.25, 0.3) is 0 Å². The Bertz CT molecular complexity index is 241. The summed E-state index contributed by atoms with van der Waals surface area (Å²) < 4.78 is 0. The molecule has 4 nitrogen and oxygen atoms in total. The topological polar surface area (TPSA) is 80.3 Å². The summed E-state index contributed by atoms with van der Waals surface area (Å²) in [6.07, 6.45) is 10.0. The summed E-state index contributed by atoms with van der Waals surface area (Å²) in [7, 11) is 0. The van der Waals surface area contributed by atoms with Gasteiger partial charge in [0.05, 0.1) is 0 Å². The molecule has 19 heavy (non-hydrogen) atoms. The van der Waals surface area contributed by atoms with Gasteiger partial charge in [0.1, 0.15) is 0 Å². The summed E-state index contributed by atoms with van der Waals surface area (Å²) in [4.78, 5) is 20.5. The Hall–Kier alpha value is -0.437. The molecule has 0 bridgehead atoms. The van der Waals surface area contributed by atoms with Crippen LogP contribution < -0.4 is 10.2 Å². The molecule has 0 aliphatic heterocycles. The largest absolute Gasteiger partial charge is 2.00 e. The molecule has 0 heterocycles. The first-order valence-electron chi connectivity index (χ1n) is 7.03. The number of hydrogen-bond donors (Lipinski definition) is 0. The van der Waals surface area contributed by atoms with E-state index in [0.29, 0.717) is 0 Å². The van der Waals surface area contributed by atoms with Gasteiger partial charge in [-0.2, -0.15) is 0 Å². The number of carbonyl (C=O) groups is 2. The minimum atomic E-state index is -0.852. The van der Waals surface area contributed by atoms with Crippen LogP contribution in [0, 0.1) is 11.8 Å². The van der Waals surface area contributed by atoms with Crippen LogP contribution in [0.15, 0.2) is 0 Å². The number of carbonyl (C=O) groups excluding carboxylic acids is 2. The van der Waals surface area contributed by atoms with Crippen LogP contribution in [0.4, 0.5) is 0 Å². The molecule has 0 saturated heterocycles. The Morgan fingerprint density at radius 2 is 0.895 bits per heavy atom. The number of aliphatic carboxylic acids is 2. The number of carboxylic acids is 2. The molecule has 2 fully saturated rings. The van der Waals surface area contributed by atoms with Crippen molar-refractivity contribution in [2.24, 2.45) is 11.8 Å². The molecule has 2 aliphatic rings. The Kier molecular flexibility index (Phi) is 10.1. The molecule has 0 N–H and O–H groups in total. The van der Waals surface area contributed by atoms with E-state index < -0.39 is 11.9 Å². The molecule has 2 rings (SSSR count). The molecule has 0 radical (unpaired) electrons. The van der Waals surface area contributed by atoms with Crippen molar-refractivity contribution in [3.63, 3.8) is 0 Å². The fraction of sp³-hybridized carbons (Fsp3) is 0.857. The maximum absolute atomic E-state index is 10.2. The van der Waals surface area contributed by atoms with Gasteiger partial charge < -0.3 is 19.8 Å². The van der Waals surface area contributed by atoms with Gasteiger partial charge in [-0.05, 0) is 37.5 Å². The van der Waals surface area contributed by atoms with Crippen LogP contribution in [0.3, 0.4) is 0 Å². The van der Waals surface area contributed by atoms with E-state index in [1.807, 2.05) is 0 Å². The molecule has 0 aromatic rings. The minimum absolute atomic E-state index is 0. The second-order valence-corrected chi connectivity index (χ2v) is 5.31. The van der Waals surface area contributed by atoms with Crippen LogP contribution in [0.1, 0.15) is 64.2 Å². The second-order valence-electron chi connectivity index (χ2n) is 5.31. The maximum atomic E-state index is 10.2. The van der Waals surface area contributed by atoms with Gasteiger partial charge in [0.15, 0.2) is 0 Å². The molecule has 2 aliphatic carbocycles. The zero-order chi connectivity index (χ0) is 13.4. The van der Waals surface area contributed by atoms with Gasteiger partial charge in [-0.1, -0.05) is 38.5 Å². The second kappa shape index (κ2) is 10.4. The van der Waals surface area contributed by atoms with E-state index >= 15 is 0 Å². The first kappa shape index (κ1) is 18.6. The van der Waals surface area contributed by atoms with Crippen molar-refractivity contribution in [2.45, 2.75) is 64.2 Å². The molecule has 0 atom stereocenters. The van der Waals surface area contributed by atoms with Gasteiger partial charge in [-0.15, -0.1) is 0 Å². The van der Waals surface area contributed by atoms with E-state index in [2.05, 4.69) is 0 Å². The molecule has 0 amide bonds. The van der Waals surface area contributed by atoms with E-state index in [9.17, 15) is 19.8 Å². The van der Waals surface area contributed by atoms with Crippen molar-refractivity contribution in [1.29, 1.82) is 0 Å². The average molecular weight is 320 g/mol. The first-order valence-corrected chi connectivity index (χ1v) is 7.03. The van der Waals surface area contributed by atoms with E-state index in [1.54, 1.807) is 0 Å². The van der Waals surface area contributed by atoms with E-state index in [4.69, 9.17) is 0 Å². The van der Waals surface area contributed by atoms with Crippen molar-refractivity contribution in [3.05, 3.63) is 0 Å². The van der Waals surface area contributed by atoms with Gasteiger partial charge in [-0.3, -0.25) is 0 Å². The molecule has 0 aromatic carbocycles. The normalized spacial score (nSPS) is 20.6. The third-order valence-corrected chi connectivity index (χ3v) is 3.88. The number of carboxylic acid groups (broad SMARTS) is 2. The maximum Gasteiger partial charge on any atom is 2.00 e. The van der Waals surface area contributed by atoms with Gasteiger partial charge in [0.2, 0.25) is 0 Å². The number of hydrogen-bond acceptors (Lipinski definition) is 4. The van der Waals surface area contributed by atoms with Crippen LogP contribution in [-0.2, 0) is 29.1 Å². The van der Waals surface area contributed by atoms with Crippen LogP contribution in [-0.4, -0.2) is 11.9 Å². The van der Waals surface area contributed by atoms with Crippen molar-refractivity contribution in [1.82, 2.24) is 0 Å². The fourth-order valence-electron chi connectivity index (χ4n) is 2.68. The molecule has 104 valence electrons. The van der Waals surface area contributed by atoms with Crippen molar-refractivity contribution in [2.75, 3.05) is 0 Å². The van der Waals surface area contributed by atoms with Crippen LogP contribution >= 0.6 is 0 Å². The molecule has 0 unspecified atom stereocenters. The third kappa shape index (κ3) is 7.66. The van der Waals surface area contributed by atoms with E-state index in [-0.39, 0.29) is 31.3 Å². The smallest absolute Gasteiger partial charge is 0.550 e. The van der Waals surface area contributed by atoms with Gasteiger partial charge in [0.25, 0.3) is 0 Å². The van der Waals surface area contributed by atoms with Crippen LogP contribution in [0.2, 0.25) is 0 Å². The van der Waals surface area contributed by atoms with E-state index in [1.165, 1.54) is 12.8 Å². The van der Waals surface area contributed by atoms with Crippen LogP contribution in [0.5, 0.6) is 0 Å². The van der Waals surface area contributed by atoms with Gasteiger partial charge >= 0.3 is 19.5 Å².